The quantitative estimate of drug-likeness (QED) is 0.458. The average Bonchev–Trinajstić information content (AvgIpc) is 2.22. The standard InChI is InChI=1S/C10H6ClNO3/c11-7-1-2-8-9(3-7)15-5-6(4-12-14)10(8)13/h1-5,14H. The molecule has 0 atom stereocenters. The van der Waals surface area contributed by atoms with Crippen LogP contribution in [-0.2, 0) is 0 Å². The van der Waals surface area contributed by atoms with Gasteiger partial charge >= 0.3 is 0 Å². The molecule has 0 unspecified atom stereocenters. The molecule has 1 N–H and O–H groups in total. The van der Waals surface area contributed by atoms with Crippen molar-refractivity contribution in [2.45, 2.75) is 0 Å². The average molecular weight is 224 g/mol. The Kier molecular flexibility index (Phi) is 2.43. The van der Waals surface area contributed by atoms with Crippen molar-refractivity contribution in [3.63, 3.8) is 0 Å². The van der Waals surface area contributed by atoms with Gasteiger partial charge in [0.05, 0.1) is 17.2 Å². The number of hydrogen-bond acceptors (Lipinski definition) is 4. The van der Waals surface area contributed by atoms with Crippen molar-refractivity contribution in [1.82, 2.24) is 0 Å². The number of halogens is 1. The molecule has 0 fully saturated rings. The highest BCUT2D eigenvalue weighted by Gasteiger charge is 2.05. The Hall–Kier alpha value is -1.81. The smallest absolute Gasteiger partial charge is 0.201 e. The first-order valence-corrected chi connectivity index (χ1v) is 4.48. The molecule has 0 spiro atoms. The van der Waals surface area contributed by atoms with Crippen LogP contribution in [0.25, 0.3) is 11.0 Å². The van der Waals surface area contributed by atoms with E-state index < -0.39 is 0 Å². The predicted octanol–water partition coefficient (Wildman–Crippen LogP) is 2.25. The summed E-state index contributed by atoms with van der Waals surface area (Å²) in [4.78, 5) is 11.7. The van der Waals surface area contributed by atoms with Gasteiger partial charge in [-0.3, -0.25) is 4.79 Å². The van der Waals surface area contributed by atoms with Crippen molar-refractivity contribution >= 4 is 28.8 Å². The van der Waals surface area contributed by atoms with Gasteiger partial charge in [-0.15, -0.1) is 0 Å². The Morgan fingerprint density at radius 2 is 2.27 bits per heavy atom. The van der Waals surface area contributed by atoms with Gasteiger partial charge in [-0.25, -0.2) is 0 Å². The molecule has 2 aromatic rings. The fraction of sp³-hybridized carbons (Fsp3) is 0. The Morgan fingerprint density at radius 1 is 1.47 bits per heavy atom. The van der Waals surface area contributed by atoms with Crippen LogP contribution >= 0.6 is 11.6 Å². The minimum atomic E-state index is -0.259. The zero-order valence-electron chi connectivity index (χ0n) is 7.48. The summed E-state index contributed by atoms with van der Waals surface area (Å²) in [5.41, 5.74) is 0.334. The summed E-state index contributed by atoms with van der Waals surface area (Å²) in [6.45, 7) is 0. The van der Waals surface area contributed by atoms with Crippen LogP contribution in [0.5, 0.6) is 0 Å². The summed E-state index contributed by atoms with van der Waals surface area (Å²) in [6, 6.07) is 4.72. The highest BCUT2D eigenvalue weighted by molar-refractivity contribution is 6.31. The van der Waals surface area contributed by atoms with Crippen LogP contribution in [0.1, 0.15) is 5.56 Å². The number of oxime groups is 1. The first-order valence-electron chi connectivity index (χ1n) is 4.11. The minimum absolute atomic E-state index is 0.187. The summed E-state index contributed by atoms with van der Waals surface area (Å²) in [6.07, 6.45) is 2.25. The van der Waals surface area contributed by atoms with E-state index in [0.29, 0.717) is 16.0 Å². The Morgan fingerprint density at radius 3 is 3.00 bits per heavy atom. The van der Waals surface area contributed by atoms with Crippen LogP contribution in [0.15, 0.2) is 38.8 Å². The molecule has 2 rings (SSSR count). The summed E-state index contributed by atoms with van der Waals surface area (Å²) in [7, 11) is 0. The van der Waals surface area contributed by atoms with Gasteiger partial charge in [0, 0.05) is 11.1 Å². The second-order valence-corrected chi connectivity index (χ2v) is 3.34. The summed E-state index contributed by atoms with van der Waals surface area (Å²) >= 11 is 5.74. The lowest BCUT2D eigenvalue weighted by Crippen LogP contribution is -2.07. The van der Waals surface area contributed by atoms with Crippen molar-refractivity contribution in [2.24, 2.45) is 5.16 Å². The predicted molar refractivity (Wildman–Crippen MR) is 56.9 cm³/mol. The Balaban J connectivity index is 2.80. The maximum Gasteiger partial charge on any atom is 0.201 e. The van der Waals surface area contributed by atoms with E-state index in [2.05, 4.69) is 5.16 Å². The van der Waals surface area contributed by atoms with Gasteiger partial charge in [0.15, 0.2) is 0 Å². The maximum atomic E-state index is 11.7. The second-order valence-electron chi connectivity index (χ2n) is 2.91. The number of fused-ring (bicyclic) bond motifs is 1. The molecule has 0 aliphatic carbocycles. The molecule has 0 amide bonds. The molecule has 0 radical (unpaired) electrons. The molecule has 1 aromatic carbocycles. The summed E-state index contributed by atoms with van der Waals surface area (Å²) in [5, 5.41) is 12.0. The third-order valence-corrected chi connectivity index (χ3v) is 2.20. The van der Waals surface area contributed by atoms with Crippen molar-refractivity contribution in [3.8, 4) is 0 Å². The topological polar surface area (TPSA) is 62.8 Å². The highest BCUT2D eigenvalue weighted by atomic mass is 35.5. The molecule has 1 aromatic heterocycles. The van der Waals surface area contributed by atoms with Crippen LogP contribution in [-0.4, -0.2) is 11.4 Å². The molecular weight excluding hydrogens is 218 g/mol. The molecule has 15 heavy (non-hydrogen) atoms. The van der Waals surface area contributed by atoms with Gasteiger partial charge in [0.1, 0.15) is 11.8 Å². The molecular formula is C10H6ClNO3. The van der Waals surface area contributed by atoms with E-state index in [0.717, 1.165) is 6.21 Å². The molecule has 5 heteroatoms. The van der Waals surface area contributed by atoms with Crippen LogP contribution in [0.3, 0.4) is 0 Å². The molecule has 0 saturated carbocycles. The van der Waals surface area contributed by atoms with Crippen molar-refractivity contribution in [1.29, 1.82) is 0 Å². The molecule has 4 nitrogen and oxygen atoms in total. The monoisotopic (exact) mass is 223 g/mol. The van der Waals surface area contributed by atoms with E-state index in [9.17, 15) is 4.79 Å². The largest absolute Gasteiger partial charge is 0.463 e. The number of benzene rings is 1. The summed E-state index contributed by atoms with van der Waals surface area (Å²) < 4.78 is 5.17. The number of nitrogens with zero attached hydrogens (tertiary/aromatic N) is 1. The number of hydrogen-bond donors (Lipinski definition) is 1. The molecule has 0 bridgehead atoms. The molecule has 0 aliphatic rings. The normalized spacial score (nSPS) is 11.3. The maximum absolute atomic E-state index is 11.7. The molecule has 0 saturated heterocycles. The van der Waals surface area contributed by atoms with Gasteiger partial charge in [-0.1, -0.05) is 16.8 Å². The van der Waals surface area contributed by atoms with E-state index in [1.165, 1.54) is 6.26 Å². The number of rotatable bonds is 1. The first-order chi connectivity index (χ1) is 7.22. The van der Waals surface area contributed by atoms with Crippen molar-refractivity contribution in [3.05, 3.63) is 45.3 Å². The van der Waals surface area contributed by atoms with Gasteiger partial charge in [0.2, 0.25) is 5.43 Å². The third-order valence-electron chi connectivity index (χ3n) is 1.96. The van der Waals surface area contributed by atoms with E-state index >= 15 is 0 Å². The first kappa shape index (κ1) is 9.73. The van der Waals surface area contributed by atoms with Crippen LogP contribution in [0, 0.1) is 0 Å². The fourth-order valence-electron chi connectivity index (χ4n) is 1.27. The van der Waals surface area contributed by atoms with Gasteiger partial charge in [-0.05, 0) is 12.1 Å². The zero-order valence-corrected chi connectivity index (χ0v) is 8.23. The Labute approximate surface area is 89.4 Å². The van der Waals surface area contributed by atoms with Gasteiger partial charge in [0.25, 0.3) is 0 Å². The lowest BCUT2D eigenvalue weighted by atomic mass is 10.2. The lowest BCUT2D eigenvalue weighted by molar-refractivity contribution is 0.321. The minimum Gasteiger partial charge on any atom is -0.463 e. The Bertz CT molecular complexity index is 589. The van der Waals surface area contributed by atoms with E-state index in [-0.39, 0.29) is 11.0 Å². The van der Waals surface area contributed by atoms with Gasteiger partial charge < -0.3 is 9.62 Å². The lowest BCUT2D eigenvalue weighted by Gasteiger charge is -1.97. The zero-order chi connectivity index (χ0) is 10.8. The van der Waals surface area contributed by atoms with Crippen molar-refractivity contribution < 1.29 is 9.62 Å². The van der Waals surface area contributed by atoms with E-state index in [1.807, 2.05) is 0 Å². The van der Waals surface area contributed by atoms with E-state index in [1.54, 1.807) is 18.2 Å². The SMILES string of the molecule is O=c1c(C=NO)coc2cc(Cl)ccc12. The summed E-state index contributed by atoms with van der Waals surface area (Å²) in [5.74, 6) is 0. The van der Waals surface area contributed by atoms with Crippen LogP contribution in [0.2, 0.25) is 5.02 Å². The molecule has 1 heterocycles. The molecule has 76 valence electrons. The molecule has 0 aliphatic heterocycles. The highest BCUT2D eigenvalue weighted by Crippen LogP contribution is 2.16. The van der Waals surface area contributed by atoms with Crippen molar-refractivity contribution in [2.75, 3.05) is 0 Å². The second kappa shape index (κ2) is 3.74. The van der Waals surface area contributed by atoms with Crippen LogP contribution in [0.4, 0.5) is 0 Å². The van der Waals surface area contributed by atoms with E-state index in [4.69, 9.17) is 21.2 Å². The van der Waals surface area contributed by atoms with Gasteiger partial charge in [-0.2, -0.15) is 0 Å². The fourth-order valence-corrected chi connectivity index (χ4v) is 1.43. The van der Waals surface area contributed by atoms with Crippen LogP contribution < -0.4 is 5.43 Å². The third kappa shape index (κ3) is 1.71.